The Morgan fingerprint density at radius 3 is 2.25 bits per heavy atom. The Balaban J connectivity index is 1.68. The Kier molecular flexibility index (Phi) is 5.48. The van der Waals surface area contributed by atoms with Crippen LogP contribution in [0.25, 0.3) is 0 Å². The first-order valence-electron chi connectivity index (χ1n) is 8.90. The zero-order chi connectivity index (χ0) is 19.7. The number of hydrogen-bond donors (Lipinski definition) is 1. The molecule has 1 amide bonds. The molecule has 0 bridgehead atoms. The van der Waals surface area contributed by atoms with E-state index in [1.165, 1.54) is 16.7 Å². The molecule has 2 aliphatic heterocycles. The Morgan fingerprint density at radius 2 is 1.71 bits per heavy atom. The summed E-state index contributed by atoms with van der Waals surface area (Å²) in [5, 5.41) is -0.196. The van der Waals surface area contributed by atoms with E-state index < -0.39 is 18.1 Å². The van der Waals surface area contributed by atoms with Crippen molar-refractivity contribution in [3.63, 3.8) is 0 Å². The molecule has 0 spiro atoms. The lowest BCUT2D eigenvalue weighted by molar-refractivity contribution is -0.152. The Labute approximate surface area is 172 Å². The molecule has 5 nitrogen and oxygen atoms in total. The molecule has 1 saturated heterocycles. The summed E-state index contributed by atoms with van der Waals surface area (Å²) in [6.45, 7) is 0. The molecule has 0 aromatic heterocycles. The van der Waals surface area contributed by atoms with E-state index in [0.29, 0.717) is 11.4 Å². The molecule has 4 rings (SSSR count). The summed E-state index contributed by atoms with van der Waals surface area (Å²) in [6, 6.07) is 18.7. The van der Waals surface area contributed by atoms with Crippen LogP contribution in [-0.4, -0.2) is 40.2 Å². The number of nitrogens with zero attached hydrogens (tertiary/aromatic N) is 1. The molecule has 2 aromatic rings. The number of β-lactam (4-membered cyclic amide) rings is 1. The lowest BCUT2D eigenvalue weighted by atomic mass is 10.0. The van der Waals surface area contributed by atoms with E-state index in [0.717, 1.165) is 16.0 Å². The fourth-order valence-corrected chi connectivity index (χ4v) is 5.57. The number of hydrogen-bond acceptors (Lipinski definition) is 6. The summed E-state index contributed by atoms with van der Waals surface area (Å²) in [6.07, 6.45) is 1.35. The van der Waals surface area contributed by atoms with Crippen LogP contribution in [0, 0.1) is 0 Å². The van der Waals surface area contributed by atoms with Gasteiger partial charge in [0.1, 0.15) is 17.1 Å². The number of nitrogens with two attached hydrogens (primary N) is 1. The monoisotopic (exact) mass is 412 g/mol. The SMILES string of the molecule is CSC1=C(C(=O)OC(c2ccccc2)c2ccccc2)N2C(=O)C(N)[C@@H]2SC1. The third-order valence-corrected chi connectivity index (χ3v) is 7.16. The van der Waals surface area contributed by atoms with Crippen molar-refractivity contribution in [3.8, 4) is 0 Å². The number of ether oxygens (including phenoxy) is 1. The van der Waals surface area contributed by atoms with E-state index >= 15 is 0 Å². The maximum atomic E-state index is 13.2. The van der Waals surface area contributed by atoms with Crippen molar-refractivity contribution in [2.75, 3.05) is 12.0 Å². The fraction of sp³-hybridized carbons (Fsp3) is 0.238. The first kappa shape index (κ1) is 19.1. The molecule has 0 radical (unpaired) electrons. The molecular formula is C21H20N2O3S2. The minimum absolute atomic E-state index is 0.196. The van der Waals surface area contributed by atoms with Gasteiger partial charge in [0.25, 0.3) is 0 Å². The Hall–Kier alpha value is -2.22. The van der Waals surface area contributed by atoms with Crippen molar-refractivity contribution in [2.24, 2.45) is 5.73 Å². The second kappa shape index (κ2) is 8.03. The van der Waals surface area contributed by atoms with Gasteiger partial charge in [0.2, 0.25) is 5.91 Å². The number of amides is 1. The minimum Gasteiger partial charge on any atom is -0.448 e. The van der Waals surface area contributed by atoms with E-state index in [1.54, 1.807) is 11.8 Å². The summed E-state index contributed by atoms with van der Waals surface area (Å²) in [5.74, 6) is -0.0750. The van der Waals surface area contributed by atoms with Crippen molar-refractivity contribution in [1.82, 2.24) is 4.90 Å². The molecule has 2 atom stereocenters. The highest BCUT2D eigenvalue weighted by atomic mass is 32.2. The molecule has 7 heteroatoms. The maximum Gasteiger partial charge on any atom is 0.356 e. The summed E-state index contributed by atoms with van der Waals surface area (Å²) in [7, 11) is 0. The van der Waals surface area contributed by atoms with Crippen LogP contribution in [-0.2, 0) is 14.3 Å². The lowest BCUT2D eigenvalue weighted by Crippen LogP contribution is -2.68. The van der Waals surface area contributed by atoms with E-state index in [4.69, 9.17) is 10.5 Å². The molecule has 2 aliphatic rings. The van der Waals surface area contributed by atoms with Gasteiger partial charge >= 0.3 is 5.97 Å². The van der Waals surface area contributed by atoms with Gasteiger partial charge in [-0.25, -0.2) is 4.79 Å². The Bertz CT molecular complexity index is 878. The van der Waals surface area contributed by atoms with Crippen LogP contribution in [0.3, 0.4) is 0 Å². The molecule has 0 saturated carbocycles. The molecule has 28 heavy (non-hydrogen) atoms. The summed E-state index contributed by atoms with van der Waals surface area (Å²) in [4.78, 5) is 27.9. The number of fused-ring (bicyclic) bond motifs is 1. The minimum atomic E-state index is -0.560. The van der Waals surface area contributed by atoms with Gasteiger partial charge in [-0.15, -0.1) is 23.5 Å². The molecule has 2 N–H and O–H groups in total. The molecule has 2 aromatic carbocycles. The number of esters is 1. The van der Waals surface area contributed by atoms with Gasteiger partial charge in [-0.3, -0.25) is 9.69 Å². The van der Waals surface area contributed by atoms with Gasteiger partial charge in [-0.05, 0) is 17.4 Å². The number of thioether (sulfide) groups is 2. The highest BCUT2D eigenvalue weighted by Crippen LogP contribution is 2.43. The van der Waals surface area contributed by atoms with Crippen LogP contribution in [0.1, 0.15) is 17.2 Å². The number of benzene rings is 2. The summed E-state index contributed by atoms with van der Waals surface area (Å²) < 4.78 is 5.98. The first-order chi connectivity index (χ1) is 13.6. The molecule has 1 fully saturated rings. The topological polar surface area (TPSA) is 72.6 Å². The predicted molar refractivity (Wildman–Crippen MR) is 112 cm³/mol. The first-order valence-corrected chi connectivity index (χ1v) is 11.2. The van der Waals surface area contributed by atoms with E-state index in [-0.39, 0.29) is 11.3 Å². The lowest BCUT2D eigenvalue weighted by Gasteiger charge is -2.48. The van der Waals surface area contributed by atoms with E-state index in [2.05, 4.69) is 0 Å². The van der Waals surface area contributed by atoms with Crippen molar-refractivity contribution >= 4 is 35.4 Å². The second-order valence-electron chi connectivity index (χ2n) is 6.52. The van der Waals surface area contributed by atoms with Crippen molar-refractivity contribution < 1.29 is 14.3 Å². The van der Waals surface area contributed by atoms with Crippen LogP contribution in [0.15, 0.2) is 71.3 Å². The third kappa shape index (κ3) is 3.34. The molecule has 2 heterocycles. The van der Waals surface area contributed by atoms with Crippen molar-refractivity contribution in [3.05, 3.63) is 82.4 Å². The Morgan fingerprint density at radius 1 is 1.14 bits per heavy atom. The van der Waals surface area contributed by atoms with E-state index in [1.807, 2.05) is 66.9 Å². The zero-order valence-corrected chi connectivity index (χ0v) is 16.9. The quantitative estimate of drug-likeness (QED) is 0.601. The van der Waals surface area contributed by atoms with Gasteiger partial charge in [0, 0.05) is 10.7 Å². The van der Waals surface area contributed by atoms with Gasteiger partial charge in [0.05, 0.1) is 0 Å². The largest absolute Gasteiger partial charge is 0.448 e. The fourth-order valence-electron chi connectivity index (χ4n) is 3.38. The van der Waals surface area contributed by atoms with Crippen LogP contribution in [0.2, 0.25) is 0 Å². The second-order valence-corrected chi connectivity index (χ2v) is 8.52. The summed E-state index contributed by atoms with van der Waals surface area (Å²) >= 11 is 3.05. The average molecular weight is 413 g/mol. The summed E-state index contributed by atoms with van der Waals surface area (Å²) in [5.41, 5.74) is 8.00. The molecule has 144 valence electrons. The van der Waals surface area contributed by atoms with E-state index in [9.17, 15) is 9.59 Å². The molecule has 0 aliphatic carbocycles. The van der Waals surface area contributed by atoms with Crippen LogP contribution in [0.5, 0.6) is 0 Å². The normalized spacial score (nSPS) is 21.4. The van der Waals surface area contributed by atoms with Gasteiger partial charge in [-0.2, -0.15) is 0 Å². The number of rotatable bonds is 5. The molecule has 1 unspecified atom stereocenters. The van der Waals surface area contributed by atoms with Crippen molar-refractivity contribution in [2.45, 2.75) is 17.5 Å². The van der Waals surface area contributed by atoms with Gasteiger partial charge < -0.3 is 10.5 Å². The average Bonchev–Trinajstić information content (AvgIpc) is 2.76. The number of carbonyl (C=O) groups is 2. The molecular weight excluding hydrogens is 392 g/mol. The third-order valence-electron chi connectivity index (χ3n) is 4.84. The van der Waals surface area contributed by atoms with Gasteiger partial charge in [0.15, 0.2) is 6.10 Å². The van der Waals surface area contributed by atoms with Crippen LogP contribution in [0.4, 0.5) is 0 Å². The van der Waals surface area contributed by atoms with Crippen LogP contribution < -0.4 is 5.73 Å². The van der Waals surface area contributed by atoms with Gasteiger partial charge in [-0.1, -0.05) is 60.7 Å². The standard InChI is InChI=1S/C21H20N2O3S2/c1-27-15-12-28-20-16(22)19(24)23(20)17(15)21(25)26-18(13-8-4-2-5-9-13)14-10-6-3-7-11-14/h2-11,16,18,20H,12,22H2,1H3/t16?,20-/m0/s1. The maximum absolute atomic E-state index is 13.2. The number of carbonyl (C=O) groups excluding carboxylic acids is 2. The zero-order valence-electron chi connectivity index (χ0n) is 15.3. The van der Waals surface area contributed by atoms with Crippen molar-refractivity contribution in [1.29, 1.82) is 0 Å². The predicted octanol–water partition coefficient (Wildman–Crippen LogP) is 3.14. The highest BCUT2D eigenvalue weighted by Gasteiger charge is 2.52. The smallest absolute Gasteiger partial charge is 0.356 e. The highest BCUT2D eigenvalue weighted by molar-refractivity contribution is 8.05. The van der Waals surface area contributed by atoms with Crippen LogP contribution >= 0.6 is 23.5 Å².